The quantitative estimate of drug-likeness (QED) is 0.135. The largest absolute Gasteiger partial charge is 0.172 e. The van der Waals surface area contributed by atoms with Crippen molar-refractivity contribution in [2.24, 2.45) is 0 Å². The van der Waals surface area contributed by atoms with E-state index in [0.29, 0.717) is 0 Å². The zero-order chi connectivity index (χ0) is 25.2. The van der Waals surface area contributed by atoms with Crippen LogP contribution >= 0.6 is 57.1 Å². The summed E-state index contributed by atoms with van der Waals surface area (Å²) in [5.74, 6) is 0. The number of fused-ring (bicyclic) bond motifs is 6. The number of aryl methyl sites for hydroxylation is 2. The summed E-state index contributed by atoms with van der Waals surface area (Å²) < 4.78 is 12.2. The molecule has 0 N–H and O–H groups in total. The van der Waals surface area contributed by atoms with Crippen molar-refractivity contribution in [1.29, 1.82) is 0 Å². The molecule has 0 amide bonds. The third-order valence-electron chi connectivity index (χ3n) is 7.10. The zero-order valence-corrected chi connectivity index (χ0v) is 25.6. The highest BCUT2D eigenvalue weighted by Crippen LogP contribution is 2.48. The molecule has 0 saturated heterocycles. The second-order valence-electron chi connectivity index (χ2n) is 9.93. The van der Waals surface area contributed by atoms with Crippen molar-refractivity contribution in [3.05, 3.63) is 46.2 Å². The molecule has 0 atom stereocenters. The van der Waals surface area contributed by atoms with Crippen molar-refractivity contribution in [1.82, 2.24) is 8.75 Å². The molecule has 37 heavy (non-hydrogen) atoms. The van der Waals surface area contributed by atoms with Crippen molar-refractivity contribution in [3.8, 4) is 19.5 Å². The first kappa shape index (κ1) is 25.6. The van der Waals surface area contributed by atoms with Crippen molar-refractivity contribution in [3.63, 3.8) is 0 Å². The summed E-state index contributed by atoms with van der Waals surface area (Å²) in [5, 5.41) is 7.26. The lowest BCUT2D eigenvalue weighted by atomic mass is 10.1. The first-order chi connectivity index (χ1) is 18.2. The van der Waals surface area contributed by atoms with E-state index in [1.165, 1.54) is 127 Å². The van der Waals surface area contributed by atoms with Gasteiger partial charge < -0.3 is 0 Å². The summed E-state index contributed by atoms with van der Waals surface area (Å²) in [6.45, 7) is 4.56. The average molecular weight is 581 g/mol. The van der Waals surface area contributed by atoms with E-state index < -0.39 is 0 Å². The van der Waals surface area contributed by atoms with Crippen LogP contribution in [0.2, 0.25) is 0 Å². The lowest BCUT2D eigenvalue weighted by molar-refractivity contribution is 0.667. The van der Waals surface area contributed by atoms with Gasteiger partial charge in [0.25, 0.3) is 0 Å². The first-order valence-electron chi connectivity index (χ1n) is 13.5. The predicted molar refractivity (Wildman–Crippen MR) is 170 cm³/mol. The summed E-state index contributed by atoms with van der Waals surface area (Å²) >= 11 is 8.99. The van der Waals surface area contributed by atoms with Crippen LogP contribution < -0.4 is 0 Å². The van der Waals surface area contributed by atoms with Crippen LogP contribution in [0.15, 0.2) is 35.0 Å². The van der Waals surface area contributed by atoms with Crippen LogP contribution in [0.4, 0.5) is 0 Å². The Kier molecular flexibility index (Phi) is 8.05. The van der Waals surface area contributed by atoms with Gasteiger partial charge in [-0.05, 0) is 71.8 Å². The monoisotopic (exact) mass is 580 g/mol. The lowest BCUT2D eigenvalue weighted by Gasteiger charge is -1.96. The van der Waals surface area contributed by atoms with Gasteiger partial charge in [0, 0.05) is 30.3 Å². The van der Waals surface area contributed by atoms with Gasteiger partial charge in [0.2, 0.25) is 0 Å². The molecule has 2 nitrogen and oxygen atoms in total. The van der Waals surface area contributed by atoms with Gasteiger partial charge >= 0.3 is 0 Å². The molecule has 0 unspecified atom stereocenters. The number of hydrogen-bond acceptors (Lipinski definition) is 7. The van der Waals surface area contributed by atoms with Crippen LogP contribution in [0, 0.1) is 0 Å². The fourth-order valence-electron chi connectivity index (χ4n) is 5.04. The Morgan fingerprint density at radius 2 is 1.05 bits per heavy atom. The predicted octanol–water partition coefficient (Wildman–Crippen LogP) is 11.8. The molecular weight excluding hydrogens is 549 g/mol. The maximum atomic E-state index is 4.75. The minimum atomic E-state index is 1.07. The molecule has 7 heteroatoms. The minimum Gasteiger partial charge on any atom is -0.172 e. The van der Waals surface area contributed by atoms with Crippen molar-refractivity contribution in [2.45, 2.75) is 78.1 Å². The number of aromatic nitrogens is 2. The standard InChI is InChI=1S/C30H32N2S5/c1-3-5-7-9-11-19-13-23(33-17-19)25-15-21-27-28(32-37-31-27)22-16-26(36-30(22)29(21)35-25)24-14-20(18-34-24)12-10-8-6-4-2/h13-18H,3-12H2,1-2H3. The first-order valence-corrected chi connectivity index (χ1v) is 17.6. The maximum absolute atomic E-state index is 4.75. The van der Waals surface area contributed by atoms with E-state index in [1.807, 2.05) is 45.3 Å². The van der Waals surface area contributed by atoms with Gasteiger partial charge in [-0.2, -0.15) is 8.75 Å². The third kappa shape index (κ3) is 5.30. The molecule has 5 aromatic heterocycles. The van der Waals surface area contributed by atoms with Gasteiger partial charge in [-0.3, -0.25) is 0 Å². The van der Waals surface area contributed by atoms with E-state index >= 15 is 0 Å². The lowest BCUT2D eigenvalue weighted by Crippen LogP contribution is -1.81. The number of thiophene rings is 4. The Bertz CT molecular complexity index is 1510. The summed E-state index contributed by atoms with van der Waals surface area (Å²) in [6, 6.07) is 9.58. The molecule has 6 rings (SSSR count). The van der Waals surface area contributed by atoms with Gasteiger partial charge in [-0.15, -0.1) is 45.3 Å². The average Bonchev–Trinajstić information content (AvgIpc) is 3.71. The molecular formula is C30H32N2S5. The van der Waals surface area contributed by atoms with Gasteiger partial charge in [0.15, 0.2) is 0 Å². The van der Waals surface area contributed by atoms with Crippen LogP contribution in [-0.2, 0) is 12.8 Å². The van der Waals surface area contributed by atoms with Gasteiger partial charge in [-0.1, -0.05) is 52.4 Å². The smallest absolute Gasteiger partial charge is 0.114 e. The van der Waals surface area contributed by atoms with Crippen molar-refractivity contribution >= 4 is 88.3 Å². The molecule has 0 radical (unpaired) electrons. The summed E-state index contributed by atoms with van der Waals surface area (Å²) in [7, 11) is 0. The van der Waals surface area contributed by atoms with E-state index in [9.17, 15) is 0 Å². The topological polar surface area (TPSA) is 25.8 Å². The molecule has 0 aliphatic rings. The molecule has 1 aromatic carbocycles. The maximum Gasteiger partial charge on any atom is 0.114 e. The van der Waals surface area contributed by atoms with E-state index in [4.69, 9.17) is 8.75 Å². The summed E-state index contributed by atoms with van der Waals surface area (Å²) in [6.07, 6.45) is 12.9. The van der Waals surface area contributed by atoms with E-state index in [2.05, 4.69) is 48.9 Å². The van der Waals surface area contributed by atoms with Crippen LogP contribution in [-0.4, -0.2) is 8.75 Å². The molecule has 0 bridgehead atoms. The molecule has 192 valence electrons. The zero-order valence-electron chi connectivity index (χ0n) is 21.5. The van der Waals surface area contributed by atoms with Gasteiger partial charge in [0.1, 0.15) is 11.0 Å². The summed E-state index contributed by atoms with van der Waals surface area (Å²) in [4.78, 5) is 5.50. The highest BCUT2D eigenvalue weighted by Gasteiger charge is 2.20. The molecule has 5 heterocycles. The highest BCUT2D eigenvalue weighted by atomic mass is 32.1. The number of rotatable bonds is 12. The van der Waals surface area contributed by atoms with Gasteiger partial charge in [0.05, 0.1) is 21.1 Å². The second-order valence-corrected chi connectivity index (χ2v) is 14.4. The SMILES string of the molecule is CCCCCCc1csc(-c2cc3c4nsnc4c4cc(-c5cc(CCCCCC)cs5)sc4c3s2)c1. The number of hydrogen-bond donors (Lipinski definition) is 0. The molecule has 6 aromatic rings. The molecule has 0 aliphatic heterocycles. The third-order valence-corrected chi connectivity index (χ3v) is 12.4. The fraction of sp³-hybridized carbons (Fsp3) is 0.400. The fourth-order valence-corrected chi connectivity index (χ4v) is 10.2. The minimum absolute atomic E-state index is 1.07. The Balaban J connectivity index is 1.33. The second kappa shape index (κ2) is 11.6. The molecule has 0 spiro atoms. The van der Waals surface area contributed by atoms with E-state index in [1.54, 1.807) is 0 Å². The van der Waals surface area contributed by atoms with Crippen LogP contribution in [0.25, 0.3) is 50.7 Å². The van der Waals surface area contributed by atoms with Crippen molar-refractivity contribution < 1.29 is 0 Å². The van der Waals surface area contributed by atoms with Crippen molar-refractivity contribution in [2.75, 3.05) is 0 Å². The van der Waals surface area contributed by atoms with Gasteiger partial charge in [-0.25, -0.2) is 0 Å². The number of nitrogens with zero attached hydrogens (tertiary/aromatic N) is 2. The summed E-state index contributed by atoms with van der Waals surface area (Å²) in [5.41, 5.74) is 5.11. The normalized spacial score (nSPS) is 12.1. The number of benzene rings is 1. The number of unbranched alkanes of at least 4 members (excludes halogenated alkanes) is 6. The van der Waals surface area contributed by atoms with Crippen LogP contribution in [0.5, 0.6) is 0 Å². The molecule has 0 saturated carbocycles. The Labute approximate surface area is 239 Å². The Hall–Kier alpha value is -1.64. The van der Waals surface area contributed by atoms with Crippen LogP contribution in [0.1, 0.15) is 76.3 Å². The highest BCUT2D eigenvalue weighted by molar-refractivity contribution is 7.32. The van der Waals surface area contributed by atoms with E-state index in [-0.39, 0.29) is 0 Å². The van der Waals surface area contributed by atoms with E-state index in [0.717, 1.165) is 11.0 Å². The Morgan fingerprint density at radius 1 is 0.568 bits per heavy atom. The molecule has 0 fully saturated rings. The Morgan fingerprint density at radius 3 is 1.51 bits per heavy atom. The molecule has 0 aliphatic carbocycles. The van der Waals surface area contributed by atoms with Crippen LogP contribution in [0.3, 0.4) is 0 Å².